The summed E-state index contributed by atoms with van der Waals surface area (Å²) in [5.74, 6) is -0.954. The van der Waals surface area contributed by atoms with Crippen molar-refractivity contribution in [3.63, 3.8) is 0 Å². The molecule has 0 bridgehead atoms. The van der Waals surface area contributed by atoms with Crippen molar-refractivity contribution < 1.29 is 14.0 Å². The van der Waals surface area contributed by atoms with Crippen LogP contribution in [0.5, 0.6) is 0 Å². The van der Waals surface area contributed by atoms with Crippen LogP contribution in [-0.2, 0) is 4.79 Å². The van der Waals surface area contributed by atoms with Crippen molar-refractivity contribution in [2.75, 3.05) is 10.6 Å². The van der Waals surface area contributed by atoms with Gasteiger partial charge in [-0.15, -0.1) is 0 Å². The molecule has 0 saturated carbocycles. The van der Waals surface area contributed by atoms with E-state index >= 15 is 0 Å². The molecule has 0 unspecified atom stereocenters. The maximum absolute atomic E-state index is 13.1. The lowest BCUT2D eigenvalue weighted by Gasteiger charge is -2.09. The summed E-state index contributed by atoms with van der Waals surface area (Å²) in [6, 6.07) is 12.2. The maximum Gasteiger partial charge on any atom is 0.255 e. The third-order valence-electron chi connectivity index (χ3n) is 3.02. The van der Waals surface area contributed by atoms with Gasteiger partial charge in [0.15, 0.2) is 0 Å². The van der Waals surface area contributed by atoms with Crippen molar-refractivity contribution in [3.8, 4) is 0 Å². The molecule has 0 aliphatic carbocycles. The van der Waals surface area contributed by atoms with Gasteiger partial charge in [0.05, 0.1) is 0 Å². The molecule has 0 fully saturated rings. The van der Waals surface area contributed by atoms with Crippen molar-refractivity contribution in [2.24, 2.45) is 5.92 Å². The van der Waals surface area contributed by atoms with Crippen LogP contribution in [0.2, 0.25) is 0 Å². The van der Waals surface area contributed by atoms with Gasteiger partial charge in [-0.1, -0.05) is 19.9 Å². The SMILES string of the molecule is CC(C)C(=O)Nc1ccc(C(=O)Nc2cccc(F)c2)cc1. The number of anilines is 2. The number of carbonyl (C=O) groups excluding carboxylic acids is 2. The van der Waals surface area contributed by atoms with Gasteiger partial charge in [0.25, 0.3) is 5.91 Å². The number of hydrogen-bond donors (Lipinski definition) is 2. The Morgan fingerprint density at radius 1 is 0.955 bits per heavy atom. The van der Waals surface area contributed by atoms with Gasteiger partial charge >= 0.3 is 0 Å². The predicted molar refractivity (Wildman–Crippen MR) is 84.3 cm³/mol. The Bertz CT molecular complexity index is 681. The van der Waals surface area contributed by atoms with Gasteiger partial charge in [-0.05, 0) is 42.5 Å². The van der Waals surface area contributed by atoms with Crippen LogP contribution in [0.3, 0.4) is 0 Å². The van der Waals surface area contributed by atoms with Crippen LogP contribution in [-0.4, -0.2) is 11.8 Å². The van der Waals surface area contributed by atoms with Gasteiger partial charge in [0.2, 0.25) is 5.91 Å². The Balaban J connectivity index is 2.03. The van der Waals surface area contributed by atoms with Crippen molar-refractivity contribution in [2.45, 2.75) is 13.8 Å². The lowest BCUT2D eigenvalue weighted by Crippen LogP contribution is -2.18. The lowest BCUT2D eigenvalue weighted by atomic mass is 10.1. The molecular formula is C17H17FN2O2. The summed E-state index contributed by atoms with van der Waals surface area (Å²) in [7, 11) is 0. The maximum atomic E-state index is 13.1. The van der Waals surface area contributed by atoms with E-state index in [2.05, 4.69) is 10.6 Å². The predicted octanol–water partition coefficient (Wildman–Crippen LogP) is 3.67. The lowest BCUT2D eigenvalue weighted by molar-refractivity contribution is -0.118. The average molecular weight is 300 g/mol. The van der Waals surface area contributed by atoms with Crippen LogP contribution >= 0.6 is 0 Å². The van der Waals surface area contributed by atoms with E-state index in [9.17, 15) is 14.0 Å². The molecule has 5 heteroatoms. The smallest absolute Gasteiger partial charge is 0.255 e. The van der Waals surface area contributed by atoms with Crippen LogP contribution < -0.4 is 10.6 Å². The van der Waals surface area contributed by atoms with Gasteiger partial charge in [0.1, 0.15) is 5.82 Å². The van der Waals surface area contributed by atoms with E-state index in [1.165, 1.54) is 18.2 Å². The standard InChI is InChI=1S/C17H17FN2O2/c1-11(2)16(21)19-14-8-6-12(7-9-14)17(22)20-15-5-3-4-13(18)10-15/h3-11H,1-2H3,(H,19,21)(H,20,22). The zero-order valence-corrected chi connectivity index (χ0v) is 12.4. The Kier molecular flexibility index (Phi) is 4.88. The highest BCUT2D eigenvalue weighted by Gasteiger charge is 2.09. The monoisotopic (exact) mass is 300 g/mol. The van der Waals surface area contributed by atoms with E-state index in [4.69, 9.17) is 0 Å². The highest BCUT2D eigenvalue weighted by Crippen LogP contribution is 2.14. The molecule has 0 saturated heterocycles. The van der Waals surface area contributed by atoms with Crippen LogP contribution in [0.4, 0.5) is 15.8 Å². The topological polar surface area (TPSA) is 58.2 Å². The Morgan fingerprint density at radius 3 is 2.23 bits per heavy atom. The summed E-state index contributed by atoms with van der Waals surface area (Å²) in [5, 5.41) is 5.36. The van der Waals surface area contributed by atoms with Crippen LogP contribution in [0.1, 0.15) is 24.2 Å². The Hall–Kier alpha value is -2.69. The quantitative estimate of drug-likeness (QED) is 0.905. The molecule has 22 heavy (non-hydrogen) atoms. The van der Waals surface area contributed by atoms with Crippen molar-refractivity contribution in [1.29, 1.82) is 0 Å². The Morgan fingerprint density at radius 2 is 1.64 bits per heavy atom. The second-order valence-electron chi connectivity index (χ2n) is 5.19. The van der Waals surface area contributed by atoms with Gasteiger partial charge in [-0.2, -0.15) is 0 Å². The zero-order valence-electron chi connectivity index (χ0n) is 12.4. The third-order valence-corrected chi connectivity index (χ3v) is 3.02. The summed E-state index contributed by atoms with van der Waals surface area (Å²) < 4.78 is 13.1. The van der Waals surface area contributed by atoms with Crippen molar-refractivity contribution >= 4 is 23.2 Å². The van der Waals surface area contributed by atoms with Crippen LogP contribution in [0, 0.1) is 11.7 Å². The van der Waals surface area contributed by atoms with E-state index < -0.39 is 5.82 Å². The molecule has 4 nitrogen and oxygen atoms in total. The largest absolute Gasteiger partial charge is 0.326 e. The first-order valence-electron chi connectivity index (χ1n) is 6.93. The first kappa shape index (κ1) is 15.7. The number of carbonyl (C=O) groups is 2. The molecule has 114 valence electrons. The van der Waals surface area contributed by atoms with Gasteiger partial charge in [-0.25, -0.2) is 4.39 Å². The summed E-state index contributed by atoms with van der Waals surface area (Å²) in [5.41, 5.74) is 1.44. The molecule has 0 aliphatic rings. The zero-order chi connectivity index (χ0) is 16.1. The normalized spacial score (nSPS) is 10.4. The summed E-state index contributed by atoms with van der Waals surface area (Å²) >= 11 is 0. The molecule has 2 N–H and O–H groups in total. The van der Waals surface area contributed by atoms with E-state index in [1.807, 2.05) is 0 Å². The third kappa shape index (κ3) is 4.15. The summed E-state index contributed by atoms with van der Waals surface area (Å²) in [6.45, 7) is 3.60. The molecular weight excluding hydrogens is 283 g/mol. The number of nitrogens with one attached hydrogen (secondary N) is 2. The van der Waals surface area contributed by atoms with E-state index in [1.54, 1.807) is 44.2 Å². The number of halogens is 1. The number of hydrogen-bond acceptors (Lipinski definition) is 2. The minimum Gasteiger partial charge on any atom is -0.326 e. The fourth-order valence-corrected chi connectivity index (χ4v) is 1.76. The molecule has 0 spiro atoms. The molecule has 2 aromatic carbocycles. The fourth-order valence-electron chi connectivity index (χ4n) is 1.76. The first-order chi connectivity index (χ1) is 10.5. The highest BCUT2D eigenvalue weighted by atomic mass is 19.1. The molecule has 2 aromatic rings. The first-order valence-corrected chi connectivity index (χ1v) is 6.93. The number of rotatable bonds is 4. The Labute approximate surface area is 128 Å². The molecule has 0 aliphatic heterocycles. The van der Waals surface area contributed by atoms with E-state index in [-0.39, 0.29) is 17.7 Å². The van der Waals surface area contributed by atoms with Gasteiger partial charge < -0.3 is 10.6 Å². The summed E-state index contributed by atoms with van der Waals surface area (Å²) in [6.07, 6.45) is 0. The minimum atomic E-state index is -0.412. The van der Waals surface area contributed by atoms with Gasteiger partial charge in [0, 0.05) is 22.9 Å². The van der Waals surface area contributed by atoms with Gasteiger partial charge in [-0.3, -0.25) is 9.59 Å². The van der Waals surface area contributed by atoms with E-state index in [0.717, 1.165) is 0 Å². The second kappa shape index (κ2) is 6.85. The fraction of sp³-hybridized carbons (Fsp3) is 0.176. The van der Waals surface area contributed by atoms with Crippen molar-refractivity contribution in [3.05, 3.63) is 59.9 Å². The number of amides is 2. The molecule has 2 rings (SSSR count). The highest BCUT2D eigenvalue weighted by molar-refractivity contribution is 6.04. The molecule has 0 radical (unpaired) electrons. The molecule has 0 heterocycles. The van der Waals surface area contributed by atoms with Crippen LogP contribution in [0.15, 0.2) is 48.5 Å². The molecule has 0 aromatic heterocycles. The van der Waals surface area contributed by atoms with Crippen LogP contribution in [0.25, 0.3) is 0 Å². The molecule has 0 atom stereocenters. The number of benzene rings is 2. The summed E-state index contributed by atoms with van der Waals surface area (Å²) in [4.78, 5) is 23.6. The van der Waals surface area contributed by atoms with Crippen molar-refractivity contribution in [1.82, 2.24) is 0 Å². The minimum absolute atomic E-state index is 0.0861. The molecule has 2 amide bonds. The average Bonchev–Trinajstić information content (AvgIpc) is 2.47. The van der Waals surface area contributed by atoms with E-state index in [0.29, 0.717) is 16.9 Å². The second-order valence-corrected chi connectivity index (χ2v) is 5.19.